The van der Waals surface area contributed by atoms with Crippen LogP contribution in [0.25, 0.3) is 10.8 Å². The van der Waals surface area contributed by atoms with Crippen molar-refractivity contribution < 1.29 is 0 Å². The molecular formula is C17H14ClN. The van der Waals surface area contributed by atoms with E-state index in [-0.39, 0.29) is 0 Å². The third-order valence-electron chi connectivity index (χ3n) is 3.27. The van der Waals surface area contributed by atoms with Crippen LogP contribution in [0.2, 0.25) is 5.02 Å². The van der Waals surface area contributed by atoms with Crippen LogP contribution in [0.5, 0.6) is 0 Å². The second-order valence-electron chi connectivity index (χ2n) is 4.65. The molecule has 0 saturated heterocycles. The average molecular weight is 268 g/mol. The Kier molecular flexibility index (Phi) is 3.47. The monoisotopic (exact) mass is 267 g/mol. The van der Waals surface area contributed by atoms with E-state index in [0.717, 1.165) is 23.6 Å². The molecule has 0 aliphatic carbocycles. The summed E-state index contributed by atoms with van der Waals surface area (Å²) in [6, 6.07) is 18.5. The van der Waals surface area contributed by atoms with Crippen molar-refractivity contribution in [1.29, 1.82) is 0 Å². The summed E-state index contributed by atoms with van der Waals surface area (Å²) in [5.74, 6) is 0. The predicted molar refractivity (Wildman–Crippen MR) is 80.6 cm³/mol. The largest absolute Gasteiger partial charge is 0.261 e. The maximum atomic E-state index is 5.88. The summed E-state index contributed by atoms with van der Waals surface area (Å²) >= 11 is 5.88. The minimum absolute atomic E-state index is 0.785. The minimum atomic E-state index is 0.785. The van der Waals surface area contributed by atoms with E-state index in [0.29, 0.717) is 0 Å². The van der Waals surface area contributed by atoms with Gasteiger partial charge in [-0.05, 0) is 42.0 Å². The summed E-state index contributed by atoms with van der Waals surface area (Å²) in [7, 11) is 0. The number of benzene rings is 2. The van der Waals surface area contributed by atoms with E-state index >= 15 is 0 Å². The van der Waals surface area contributed by atoms with Gasteiger partial charge >= 0.3 is 0 Å². The Morgan fingerprint density at radius 1 is 0.842 bits per heavy atom. The van der Waals surface area contributed by atoms with Gasteiger partial charge in [0.15, 0.2) is 0 Å². The van der Waals surface area contributed by atoms with Crippen LogP contribution in [0.4, 0.5) is 0 Å². The molecule has 1 aromatic heterocycles. The van der Waals surface area contributed by atoms with Gasteiger partial charge in [0, 0.05) is 22.3 Å². The van der Waals surface area contributed by atoms with Crippen molar-refractivity contribution in [2.24, 2.45) is 0 Å². The fraction of sp³-hybridized carbons (Fsp3) is 0.118. The van der Waals surface area contributed by atoms with E-state index in [1.807, 2.05) is 24.4 Å². The highest BCUT2D eigenvalue weighted by Crippen LogP contribution is 2.15. The molecule has 3 rings (SSSR count). The van der Waals surface area contributed by atoms with E-state index < -0.39 is 0 Å². The van der Waals surface area contributed by atoms with Crippen molar-refractivity contribution in [3.05, 3.63) is 77.1 Å². The third kappa shape index (κ3) is 2.94. The number of aryl methyl sites for hydroxylation is 2. The number of pyridine rings is 1. The first-order valence-corrected chi connectivity index (χ1v) is 6.77. The van der Waals surface area contributed by atoms with Crippen molar-refractivity contribution >= 4 is 22.4 Å². The molecule has 1 nitrogen and oxygen atoms in total. The molecule has 0 aliphatic heterocycles. The van der Waals surface area contributed by atoms with Gasteiger partial charge in [0.25, 0.3) is 0 Å². The predicted octanol–water partition coefficient (Wildman–Crippen LogP) is 4.67. The fourth-order valence-corrected chi connectivity index (χ4v) is 2.32. The zero-order chi connectivity index (χ0) is 13.1. The van der Waals surface area contributed by atoms with Gasteiger partial charge in [-0.3, -0.25) is 4.98 Å². The third-order valence-corrected chi connectivity index (χ3v) is 3.52. The molecule has 0 spiro atoms. The van der Waals surface area contributed by atoms with Crippen molar-refractivity contribution in [2.45, 2.75) is 12.8 Å². The van der Waals surface area contributed by atoms with E-state index in [1.54, 1.807) is 0 Å². The molecule has 19 heavy (non-hydrogen) atoms. The molecule has 1 heterocycles. The molecule has 0 aliphatic rings. The van der Waals surface area contributed by atoms with Crippen LogP contribution in [0.15, 0.2) is 60.8 Å². The molecule has 0 saturated carbocycles. The van der Waals surface area contributed by atoms with Gasteiger partial charge in [0.05, 0.1) is 0 Å². The van der Waals surface area contributed by atoms with Crippen LogP contribution >= 0.6 is 11.6 Å². The second kappa shape index (κ2) is 5.41. The highest BCUT2D eigenvalue weighted by atomic mass is 35.5. The van der Waals surface area contributed by atoms with Crippen molar-refractivity contribution in [2.75, 3.05) is 0 Å². The normalized spacial score (nSPS) is 10.8. The Hall–Kier alpha value is -1.86. The fourth-order valence-electron chi connectivity index (χ4n) is 2.19. The summed E-state index contributed by atoms with van der Waals surface area (Å²) in [5.41, 5.74) is 2.42. The van der Waals surface area contributed by atoms with E-state index in [2.05, 4.69) is 41.4 Å². The lowest BCUT2D eigenvalue weighted by Gasteiger charge is -2.03. The number of nitrogens with zero attached hydrogens (tertiary/aromatic N) is 1. The summed E-state index contributed by atoms with van der Waals surface area (Å²) in [4.78, 5) is 4.51. The first-order chi connectivity index (χ1) is 9.31. The SMILES string of the molecule is Clc1ccc(CCc2cc3ccccc3cn2)cc1. The molecule has 3 aromatic rings. The highest BCUT2D eigenvalue weighted by molar-refractivity contribution is 6.30. The number of fused-ring (bicyclic) bond motifs is 1. The molecule has 0 radical (unpaired) electrons. The molecule has 0 bridgehead atoms. The van der Waals surface area contributed by atoms with Crippen LogP contribution < -0.4 is 0 Å². The Morgan fingerprint density at radius 3 is 2.37 bits per heavy atom. The molecule has 0 amide bonds. The first-order valence-electron chi connectivity index (χ1n) is 6.39. The number of halogens is 1. The van der Waals surface area contributed by atoms with Crippen LogP contribution in [0.1, 0.15) is 11.3 Å². The van der Waals surface area contributed by atoms with Crippen LogP contribution in [-0.4, -0.2) is 4.98 Å². The zero-order valence-corrected chi connectivity index (χ0v) is 11.3. The first kappa shape index (κ1) is 12.2. The quantitative estimate of drug-likeness (QED) is 0.672. The van der Waals surface area contributed by atoms with Gasteiger partial charge in [-0.1, -0.05) is 48.0 Å². The Morgan fingerprint density at radius 2 is 1.58 bits per heavy atom. The lowest BCUT2D eigenvalue weighted by atomic mass is 10.1. The van der Waals surface area contributed by atoms with Crippen molar-refractivity contribution in [3.8, 4) is 0 Å². The van der Waals surface area contributed by atoms with Crippen molar-refractivity contribution in [1.82, 2.24) is 4.98 Å². The standard InChI is InChI=1S/C17H14ClN/c18-16-8-5-13(6-9-16)7-10-17-11-14-3-1-2-4-15(14)12-19-17/h1-6,8-9,11-12H,7,10H2. The topological polar surface area (TPSA) is 12.9 Å². The summed E-state index contributed by atoms with van der Waals surface area (Å²) < 4.78 is 0. The smallest absolute Gasteiger partial charge is 0.0413 e. The zero-order valence-electron chi connectivity index (χ0n) is 10.5. The number of rotatable bonds is 3. The van der Waals surface area contributed by atoms with E-state index in [4.69, 9.17) is 11.6 Å². The maximum absolute atomic E-state index is 5.88. The summed E-state index contributed by atoms with van der Waals surface area (Å²) in [5, 5.41) is 3.23. The lowest BCUT2D eigenvalue weighted by molar-refractivity contribution is 0.918. The summed E-state index contributed by atoms with van der Waals surface area (Å²) in [6.07, 6.45) is 3.89. The maximum Gasteiger partial charge on any atom is 0.0413 e. The Labute approximate surface area is 117 Å². The Bertz CT molecular complexity index is 689. The van der Waals surface area contributed by atoms with E-state index in [9.17, 15) is 0 Å². The van der Waals surface area contributed by atoms with Crippen LogP contribution in [-0.2, 0) is 12.8 Å². The number of hydrogen-bond acceptors (Lipinski definition) is 1. The van der Waals surface area contributed by atoms with Gasteiger partial charge in [-0.25, -0.2) is 0 Å². The molecule has 0 N–H and O–H groups in total. The molecule has 0 atom stereocenters. The van der Waals surface area contributed by atoms with Crippen LogP contribution in [0.3, 0.4) is 0 Å². The number of hydrogen-bond donors (Lipinski definition) is 0. The average Bonchev–Trinajstić information content (AvgIpc) is 2.46. The van der Waals surface area contributed by atoms with Crippen LogP contribution in [0, 0.1) is 0 Å². The highest BCUT2D eigenvalue weighted by Gasteiger charge is 1.99. The van der Waals surface area contributed by atoms with Gasteiger partial charge in [-0.15, -0.1) is 0 Å². The molecule has 2 aromatic carbocycles. The Balaban J connectivity index is 1.76. The van der Waals surface area contributed by atoms with Gasteiger partial charge in [0.2, 0.25) is 0 Å². The summed E-state index contributed by atoms with van der Waals surface area (Å²) in [6.45, 7) is 0. The lowest BCUT2D eigenvalue weighted by Crippen LogP contribution is -1.94. The van der Waals surface area contributed by atoms with E-state index in [1.165, 1.54) is 16.3 Å². The second-order valence-corrected chi connectivity index (χ2v) is 5.09. The van der Waals surface area contributed by atoms with Gasteiger partial charge < -0.3 is 0 Å². The molecule has 0 fully saturated rings. The molecule has 2 heteroatoms. The van der Waals surface area contributed by atoms with Gasteiger partial charge in [0.1, 0.15) is 0 Å². The molecule has 94 valence electrons. The number of aromatic nitrogens is 1. The van der Waals surface area contributed by atoms with Gasteiger partial charge in [-0.2, -0.15) is 0 Å². The molecule has 0 unspecified atom stereocenters. The van der Waals surface area contributed by atoms with Crippen molar-refractivity contribution in [3.63, 3.8) is 0 Å². The minimum Gasteiger partial charge on any atom is -0.261 e. The molecular weight excluding hydrogens is 254 g/mol.